The van der Waals surface area contributed by atoms with Gasteiger partial charge in [0.05, 0.1) is 33.4 Å². The van der Waals surface area contributed by atoms with Crippen molar-refractivity contribution in [1.29, 1.82) is 0 Å². The zero-order valence-electron chi connectivity index (χ0n) is 20.5. The Bertz CT molecular complexity index is 1280. The smallest absolute Gasteiger partial charge is 0.243 e. The van der Waals surface area contributed by atoms with Crippen LogP contribution in [0.15, 0.2) is 47.4 Å². The molecule has 0 aliphatic carbocycles. The molecule has 1 saturated heterocycles. The second-order valence-corrected chi connectivity index (χ2v) is 13.3. The molecular weight excluding hydrogens is 561 g/mol. The fourth-order valence-electron chi connectivity index (χ4n) is 3.92. The average molecular weight is 593 g/mol. The van der Waals surface area contributed by atoms with Crippen molar-refractivity contribution in [2.24, 2.45) is 0 Å². The van der Waals surface area contributed by atoms with Crippen LogP contribution in [0.3, 0.4) is 0 Å². The van der Waals surface area contributed by atoms with Crippen LogP contribution in [0.5, 0.6) is 5.75 Å². The van der Waals surface area contributed by atoms with Gasteiger partial charge in [0, 0.05) is 26.1 Å². The maximum Gasteiger partial charge on any atom is 0.243 e. The summed E-state index contributed by atoms with van der Waals surface area (Å²) < 4.78 is 58.1. The molecule has 1 fully saturated rings. The highest BCUT2D eigenvalue weighted by Gasteiger charge is 2.25. The summed E-state index contributed by atoms with van der Waals surface area (Å²) in [4.78, 5) is 12.4. The molecule has 0 unspecified atom stereocenters. The first-order chi connectivity index (χ1) is 17.5. The lowest BCUT2D eigenvalue weighted by molar-refractivity contribution is -0.121. The lowest BCUT2D eigenvalue weighted by Gasteiger charge is -2.25. The summed E-state index contributed by atoms with van der Waals surface area (Å²) in [6.07, 6.45) is 4.30. The number of halogens is 2. The quantitative estimate of drug-likeness (QED) is 0.374. The SMILES string of the molecule is CS(=O)(=O)N(CCCC(=O)NCCOc1ccc(S(=O)(=O)N2CCCCC2)cc1)c1ccc(Cl)c(Cl)c1. The minimum absolute atomic E-state index is 0.105. The molecule has 0 bridgehead atoms. The third-order valence-corrected chi connectivity index (χ3v) is 9.67. The van der Waals surface area contributed by atoms with Gasteiger partial charge in [-0.2, -0.15) is 4.31 Å². The molecule has 0 aromatic heterocycles. The van der Waals surface area contributed by atoms with Gasteiger partial charge in [-0.25, -0.2) is 16.8 Å². The van der Waals surface area contributed by atoms with E-state index in [1.165, 1.54) is 32.9 Å². The van der Waals surface area contributed by atoms with Gasteiger partial charge in [0.25, 0.3) is 0 Å². The summed E-state index contributed by atoms with van der Waals surface area (Å²) in [5.74, 6) is 0.256. The minimum atomic E-state index is -3.58. The van der Waals surface area contributed by atoms with Gasteiger partial charge >= 0.3 is 0 Å². The van der Waals surface area contributed by atoms with Crippen LogP contribution in [0.4, 0.5) is 5.69 Å². The summed E-state index contributed by atoms with van der Waals surface area (Å²) in [6, 6.07) is 10.8. The fraction of sp³-hybridized carbons (Fsp3) is 0.458. The van der Waals surface area contributed by atoms with Crippen LogP contribution < -0.4 is 14.4 Å². The van der Waals surface area contributed by atoms with Gasteiger partial charge in [0.1, 0.15) is 12.4 Å². The summed E-state index contributed by atoms with van der Waals surface area (Å²) in [5.41, 5.74) is 0.375. The first kappa shape index (κ1) is 29.5. The van der Waals surface area contributed by atoms with Crippen LogP contribution in [0, 0.1) is 0 Å². The zero-order chi connectivity index (χ0) is 27.1. The van der Waals surface area contributed by atoms with E-state index < -0.39 is 20.0 Å². The van der Waals surface area contributed by atoms with Crippen LogP contribution in [0.25, 0.3) is 0 Å². The second-order valence-electron chi connectivity index (χ2n) is 8.67. The first-order valence-corrected chi connectivity index (χ1v) is 16.0. The van der Waals surface area contributed by atoms with Gasteiger partial charge in [-0.3, -0.25) is 9.10 Å². The molecule has 0 spiro atoms. The number of benzene rings is 2. The Morgan fingerprint density at radius 3 is 2.30 bits per heavy atom. The maximum absolute atomic E-state index is 12.7. The van der Waals surface area contributed by atoms with E-state index >= 15 is 0 Å². The van der Waals surface area contributed by atoms with Crippen molar-refractivity contribution in [3.05, 3.63) is 52.5 Å². The van der Waals surface area contributed by atoms with Crippen molar-refractivity contribution in [3.8, 4) is 5.75 Å². The average Bonchev–Trinajstić information content (AvgIpc) is 2.86. The van der Waals surface area contributed by atoms with Gasteiger partial charge in [-0.1, -0.05) is 29.6 Å². The molecule has 1 aliphatic heterocycles. The standard InChI is InChI=1S/C24H31Cl2N3O6S2/c1-36(31,32)29(19-7-12-22(25)23(26)18-19)16-5-6-24(30)27-13-17-35-20-8-10-21(11-9-20)37(33,34)28-14-3-2-4-15-28/h7-12,18H,2-6,13-17H2,1H3,(H,27,30). The van der Waals surface area contributed by atoms with E-state index in [0.29, 0.717) is 36.0 Å². The Kier molecular flexibility index (Phi) is 10.5. The summed E-state index contributed by atoms with van der Waals surface area (Å²) >= 11 is 11.9. The second kappa shape index (κ2) is 13.1. The first-order valence-electron chi connectivity index (χ1n) is 11.9. The van der Waals surface area contributed by atoms with E-state index in [-0.39, 0.29) is 41.9 Å². The van der Waals surface area contributed by atoms with Crippen LogP contribution in [0.1, 0.15) is 32.1 Å². The highest BCUT2D eigenvalue weighted by molar-refractivity contribution is 7.92. The zero-order valence-corrected chi connectivity index (χ0v) is 23.7. The number of sulfonamides is 2. The normalized spacial score (nSPS) is 14.8. The highest BCUT2D eigenvalue weighted by Crippen LogP contribution is 2.28. The summed E-state index contributed by atoms with van der Waals surface area (Å²) in [6.45, 7) is 1.63. The molecule has 3 rings (SSSR count). The van der Waals surface area contributed by atoms with Gasteiger partial charge in [-0.15, -0.1) is 0 Å². The molecular formula is C24H31Cl2N3O6S2. The van der Waals surface area contributed by atoms with Gasteiger partial charge in [-0.05, 0) is 61.7 Å². The van der Waals surface area contributed by atoms with Crippen molar-refractivity contribution in [3.63, 3.8) is 0 Å². The van der Waals surface area contributed by atoms with Crippen LogP contribution in [-0.2, 0) is 24.8 Å². The number of ether oxygens (including phenoxy) is 1. The lowest BCUT2D eigenvalue weighted by atomic mass is 10.2. The molecule has 204 valence electrons. The number of rotatable bonds is 12. The number of hydrogen-bond acceptors (Lipinski definition) is 6. The molecule has 2 aromatic carbocycles. The topological polar surface area (TPSA) is 113 Å². The summed E-state index contributed by atoms with van der Waals surface area (Å²) in [7, 11) is -7.07. The molecule has 0 atom stereocenters. The predicted octanol–water partition coefficient (Wildman–Crippen LogP) is 3.91. The van der Waals surface area contributed by atoms with Crippen LogP contribution >= 0.6 is 23.2 Å². The van der Waals surface area contributed by atoms with Crippen molar-refractivity contribution >= 4 is 54.8 Å². The third kappa shape index (κ3) is 8.47. The molecule has 0 radical (unpaired) electrons. The molecule has 1 aliphatic rings. The maximum atomic E-state index is 12.7. The van der Waals surface area contributed by atoms with Crippen molar-refractivity contribution in [2.75, 3.05) is 43.3 Å². The Labute approximate surface area is 228 Å². The number of amides is 1. The van der Waals surface area contributed by atoms with Crippen molar-refractivity contribution in [1.82, 2.24) is 9.62 Å². The number of nitrogens with one attached hydrogen (secondary N) is 1. The van der Waals surface area contributed by atoms with Gasteiger partial charge in [0.15, 0.2) is 0 Å². The Morgan fingerprint density at radius 2 is 1.68 bits per heavy atom. The minimum Gasteiger partial charge on any atom is -0.492 e. The van der Waals surface area contributed by atoms with E-state index in [4.69, 9.17) is 27.9 Å². The van der Waals surface area contributed by atoms with Crippen molar-refractivity contribution in [2.45, 2.75) is 37.0 Å². The van der Waals surface area contributed by atoms with E-state index in [1.54, 1.807) is 18.2 Å². The number of carbonyl (C=O) groups excluding carboxylic acids is 1. The van der Waals surface area contributed by atoms with E-state index in [2.05, 4.69) is 5.32 Å². The van der Waals surface area contributed by atoms with Gasteiger partial charge in [0.2, 0.25) is 26.0 Å². The number of carbonyl (C=O) groups is 1. The fourth-order valence-corrected chi connectivity index (χ4v) is 6.69. The Morgan fingerprint density at radius 1 is 1.00 bits per heavy atom. The largest absolute Gasteiger partial charge is 0.492 e. The van der Waals surface area contributed by atoms with E-state index in [1.807, 2.05) is 0 Å². The molecule has 1 N–H and O–H groups in total. The van der Waals surface area contributed by atoms with Crippen LogP contribution in [-0.4, -0.2) is 66.1 Å². The van der Waals surface area contributed by atoms with E-state index in [9.17, 15) is 21.6 Å². The van der Waals surface area contributed by atoms with Crippen LogP contribution in [0.2, 0.25) is 10.0 Å². The molecule has 0 saturated carbocycles. The molecule has 1 amide bonds. The van der Waals surface area contributed by atoms with E-state index in [0.717, 1.165) is 25.5 Å². The summed E-state index contributed by atoms with van der Waals surface area (Å²) in [5, 5.41) is 3.29. The molecule has 13 heteroatoms. The molecule has 37 heavy (non-hydrogen) atoms. The molecule has 9 nitrogen and oxygen atoms in total. The number of hydrogen-bond donors (Lipinski definition) is 1. The predicted molar refractivity (Wildman–Crippen MR) is 145 cm³/mol. The Balaban J connectivity index is 1.41. The van der Waals surface area contributed by atoms with Gasteiger partial charge < -0.3 is 10.1 Å². The molecule has 2 aromatic rings. The lowest BCUT2D eigenvalue weighted by Crippen LogP contribution is -2.35. The molecule has 1 heterocycles. The number of piperidine rings is 1. The monoisotopic (exact) mass is 591 g/mol. The highest BCUT2D eigenvalue weighted by atomic mass is 35.5. The number of nitrogens with zero attached hydrogens (tertiary/aromatic N) is 2. The Hall–Kier alpha value is -2.05. The van der Waals surface area contributed by atoms with Crippen molar-refractivity contribution < 1.29 is 26.4 Å². The third-order valence-electron chi connectivity index (χ3n) is 5.83. The number of anilines is 1.